The molecule has 2 rings (SSSR count). The zero-order chi connectivity index (χ0) is 5.56. The van der Waals surface area contributed by atoms with Crippen molar-refractivity contribution in [2.75, 3.05) is 6.54 Å². The number of carbonyl (C=O) groups excluding carboxylic acids is 1. The lowest BCUT2D eigenvalue weighted by atomic mass is 10.0. The summed E-state index contributed by atoms with van der Waals surface area (Å²) < 4.78 is 0. The van der Waals surface area contributed by atoms with E-state index in [1.54, 1.807) is 5.01 Å². The predicted molar refractivity (Wildman–Crippen MR) is 27.9 cm³/mol. The first-order valence-corrected chi connectivity index (χ1v) is 2.93. The lowest BCUT2D eigenvalue weighted by Crippen LogP contribution is -2.52. The Morgan fingerprint density at radius 2 is 2.62 bits per heavy atom. The summed E-state index contributed by atoms with van der Waals surface area (Å²) in [6.07, 6.45) is 1.92. The van der Waals surface area contributed by atoms with Crippen LogP contribution >= 0.6 is 0 Å². The molecule has 0 aromatic carbocycles. The van der Waals surface area contributed by atoms with E-state index >= 15 is 0 Å². The number of hydrazine groups is 1. The summed E-state index contributed by atoms with van der Waals surface area (Å²) in [5.41, 5.74) is 2.99. The highest BCUT2D eigenvalue weighted by molar-refractivity contribution is 5.82. The van der Waals surface area contributed by atoms with Gasteiger partial charge in [0, 0.05) is 6.54 Å². The number of amides is 1. The van der Waals surface area contributed by atoms with Crippen molar-refractivity contribution in [3.05, 3.63) is 0 Å². The number of nitrogens with zero attached hydrogens (tertiary/aromatic N) is 1. The SMILES string of the molecule is O=C1CC2CCNN12. The zero-order valence-corrected chi connectivity index (χ0v) is 4.55. The second-order valence-corrected chi connectivity index (χ2v) is 2.32. The van der Waals surface area contributed by atoms with Crippen molar-refractivity contribution in [2.24, 2.45) is 0 Å². The van der Waals surface area contributed by atoms with E-state index in [0.29, 0.717) is 6.04 Å². The first-order chi connectivity index (χ1) is 3.88. The summed E-state index contributed by atoms with van der Waals surface area (Å²) in [6.45, 7) is 0.983. The monoisotopic (exact) mass is 112 g/mol. The third-order valence-electron chi connectivity index (χ3n) is 1.80. The van der Waals surface area contributed by atoms with E-state index in [0.717, 1.165) is 19.4 Å². The van der Waals surface area contributed by atoms with Crippen molar-refractivity contribution < 1.29 is 4.79 Å². The maximum Gasteiger partial charge on any atom is 0.239 e. The minimum atomic E-state index is 0.257. The summed E-state index contributed by atoms with van der Waals surface area (Å²) in [4.78, 5) is 10.6. The molecule has 3 nitrogen and oxygen atoms in total. The van der Waals surface area contributed by atoms with Gasteiger partial charge in [-0.05, 0) is 6.42 Å². The van der Waals surface area contributed by atoms with Gasteiger partial charge in [-0.15, -0.1) is 0 Å². The molecule has 0 radical (unpaired) electrons. The highest BCUT2D eigenvalue weighted by atomic mass is 16.2. The number of hydrogen-bond donors (Lipinski definition) is 1. The molecule has 44 valence electrons. The van der Waals surface area contributed by atoms with Gasteiger partial charge in [0.1, 0.15) is 0 Å². The summed E-state index contributed by atoms with van der Waals surface area (Å²) in [7, 11) is 0. The molecule has 1 unspecified atom stereocenters. The van der Waals surface area contributed by atoms with E-state index in [9.17, 15) is 4.79 Å². The maximum absolute atomic E-state index is 10.6. The summed E-state index contributed by atoms with van der Waals surface area (Å²) >= 11 is 0. The van der Waals surface area contributed by atoms with E-state index in [-0.39, 0.29) is 5.91 Å². The Kier molecular flexibility index (Phi) is 0.663. The average Bonchev–Trinajstić information content (AvgIpc) is 2.09. The van der Waals surface area contributed by atoms with E-state index in [1.165, 1.54) is 0 Å². The lowest BCUT2D eigenvalue weighted by Gasteiger charge is -2.32. The largest absolute Gasteiger partial charge is 0.274 e. The predicted octanol–water partition coefficient (Wildman–Crippen LogP) is -0.504. The Bertz CT molecular complexity index is 134. The van der Waals surface area contributed by atoms with Crippen LogP contribution in [-0.4, -0.2) is 23.5 Å². The van der Waals surface area contributed by atoms with Gasteiger partial charge in [0.05, 0.1) is 12.5 Å². The first-order valence-electron chi connectivity index (χ1n) is 2.93. The number of β-lactam (4-membered cyclic amide) rings is 1. The van der Waals surface area contributed by atoms with E-state index in [4.69, 9.17) is 0 Å². The van der Waals surface area contributed by atoms with Crippen LogP contribution in [0.2, 0.25) is 0 Å². The average molecular weight is 112 g/mol. The van der Waals surface area contributed by atoms with Crippen LogP contribution in [0.25, 0.3) is 0 Å². The molecule has 2 fully saturated rings. The van der Waals surface area contributed by atoms with Gasteiger partial charge in [-0.3, -0.25) is 9.80 Å². The fraction of sp³-hybridized carbons (Fsp3) is 0.800. The van der Waals surface area contributed by atoms with Gasteiger partial charge in [0.25, 0.3) is 0 Å². The van der Waals surface area contributed by atoms with Crippen LogP contribution in [0.3, 0.4) is 0 Å². The van der Waals surface area contributed by atoms with E-state index in [1.807, 2.05) is 0 Å². The molecule has 2 saturated heterocycles. The van der Waals surface area contributed by atoms with Gasteiger partial charge >= 0.3 is 0 Å². The van der Waals surface area contributed by atoms with Crippen LogP contribution in [-0.2, 0) is 4.79 Å². The third kappa shape index (κ3) is 0.351. The molecule has 2 heterocycles. The second-order valence-electron chi connectivity index (χ2n) is 2.32. The molecule has 1 N–H and O–H groups in total. The van der Waals surface area contributed by atoms with Crippen LogP contribution in [0.5, 0.6) is 0 Å². The van der Waals surface area contributed by atoms with Gasteiger partial charge in [-0.1, -0.05) is 0 Å². The summed E-state index contributed by atoms with van der Waals surface area (Å²) in [5.74, 6) is 0.257. The van der Waals surface area contributed by atoms with Gasteiger partial charge in [-0.25, -0.2) is 5.43 Å². The fourth-order valence-corrected chi connectivity index (χ4v) is 1.28. The number of fused-ring (bicyclic) bond motifs is 1. The molecule has 0 aromatic heterocycles. The number of carbonyl (C=O) groups is 1. The van der Waals surface area contributed by atoms with Crippen LogP contribution in [0, 0.1) is 0 Å². The molecule has 8 heavy (non-hydrogen) atoms. The quantitative estimate of drug-likeness (QED) is 0.428. The van der Waals surface area contributed by atoms with Crippen molar-refractivity contribution >= 4 is 5.91 Å². The number of rotatable bonds is 0. The molecule has 0 saturated carbocycles. The molecule has 3 heteroatoms. The van der Waals surface area contributed by atoms with Crippen molar-refractivity contribution in [1.82, 2.24) is 10.4 Å². The molecule has 0 aromatic rings. The number of nitrogens with one attached hydrogen (secondary N) is 1. The van der Waals surface area contributed by atoms with Gasteiger partial charge < -0.3 is 0 Å². The van der Waals surface area contributed by atoms with Crippen molar-refractivity contribution in [2.45, 2.75) is 18.9 Å². The molecule has 0 aliphatic carbocycles. The molecular formula is C5H8N2O. The van der Waals surface area contributed by atoms with E-state index < -0.39 is 0 Å². The van der Waals surface area contributed by atoms with Gasteiger partial charge in [0.2, 0.25) is 5.91 Å². The second kappa shape index (κ2) is 1.23. The summed E-state index contributed by atoms with van der Waals surface area (Å²) in [5, 5.41) is 1.74. The Labute approximate surface area is 47.6 Å². The Morgan fingerprint density at radius 1 is 1.75 bits per heavy atom. The third-order valence-corrected chi connectivity index (χ3v) is 1.80. The van der Waals surface area contributed by atoms with Crippen LogP contribution in [0.15, 0.2) is 0 Å². The smallest absolute Gasteiger partial charge is 0.239 e. The lowest BCUT2D eigenvalue weighted by molar-refractivity contribution is -0.146. The van der Waals surface area contributed by atoms with Crippen molar-refractivity contribution in [1.29, 1.82) is 0 Å². The van der Waals surface area contributed by atoms with Crippen LogP contribution in [0.1, 0.15) is 12.8 Å². The zero-order valence-electron chi connectivity index (χ0n) is 4.55. The Morgan fingerprint density at radius 3 is 3.12 bits per heavy atom. The van der Waals surface area contributed by atoms with Crippen LogP contribution < -0.4 is 5.43 Å². The standard InChI is InChI=1S/C5H8N2O/c8-5-3-4-1-2-6-7(4)5/h4,6H,1-3H2. The Hall–Kier alpha value is -0.570. The Balaban J connectivity index is 2.11. The van der Waals surface area contributed by atoms with Gasteiger partial charge in [0.15, 0.2) is 0 Å². The molecule has 0 spiro atoms. The molecule has 0 bridgehead atoms. The van der Waals surface area contributed by atoms with Gasteiger partial charge in [-0.2, -0.15) is 0 Å². The molecule has 1 atom stereocenters. The minimum Gasteiger partial charge on any atom is -0.274 e. The highest BCUT2D eigenvalue weighted by Crippen LogP contribution is 2.23. The topological polar surface area (TPSA) is 32.3 Å². The molecule has 2 aliphatic heterocycles. The normalized spacial score (nSPS) is 34.8. The molecule has 1 amide bonds. The molecular weight excluding hydrogens is 104 g/mol. The van der Waals surface area contributed by atoms with Crippen molar-refractivity contribution in [3.63, 3.8) is 0 Å². The van der Waals surface area contributed by atoms with E-state index in [2.05, 4.69) is 5.43 Å². The number of hydrogen-bond acceptors (Lipinski definition) is 2. The minimum absolute atomic E-state index is 0.257. The fourth-order valence-electron chi connectivity index (χ4n) is 1.28. The van der Waals surface area contributed by atoms with Crippen LogP contribution in [0.4, 0.5) is 0 Å². The molecule has 2 aliphatic rings. The highest BCUT2D eigenvalue weighted by Gasteiger charge is 2.39. The summed E-state index contributed by atoms with van der Waals surface area (Å²) in [6, 6.07) is 0.544. The van der Waals surface area contributed by atoms with Crippen molar-refractivity contribution in [3.8, 4) is 0 Å². The first kappa shape index (κ1) is 4.32. The maximum atomic E-state index is 10.6.